The van der Waals surface area contributed by atoms with Gasteiger partial charge in [-0.15, -0.1) is 0 Å². The Morgan fingerprint density at radius 2 is 1.93 bits per heavy atom. The van der Waals surface area contributed by atoms with Crippen LogP contribution in [0.3, 0.4) is 0 Å². The Balaban J connectivity index is 1.25. The number of amides is 1. The standard InChI is InChI=1S/C22H28N2O3/c25-22(21-9-8-18(23-21)15-17-5-2-1-3-6-17)24-12-10-19(11-13-24)27-16-20-7-4-14-26-20/h1-3,5-6,8-9,19-20,23H,4,7,10-16H2. The number of nitrogens with zero attached hydrogens (tertiary/aromatic N) is 1. The lowest BCUT2D eigenvalue weighted by atomic mass is 10.1. The molecule has 1 unspecified atom stereocenters. The Hall–Kier alpha value is -2.11. The third-order valence-corrected chi connectivity index (χ3v) is 5.49. The fourth-order valence-electron chi connectivity index (χ4n) is 3.90. The average molecular weight is 368 g/mol. The van der Waals surface area contributed by atoms with Crippen LogP contribution in [0.15, 0.2) is 42.5 Å². The van der Waals surface area contributed by atoms with Crippen LogP contribution in [-0.2, 0) is 15.9 Å². The molecule has 4 rings (SSSR count). The lowest BCUT2D eigenvalue weighted by Gasteiger charge is -2.32. The van der Waals surface area contributed by atoms with E-state index in [0.29, 0.717) is 12.3 Å². The number of H-pyrrole nitrogens is 1. The van der Waals surface area contributed by atoms with Crippen molar-refractivity contribution in [3.63, 3.8) is 0 Å². The van der Waals surface area contributed by atoms with Gasteiger partial charge in [0.05, 0.1) is 18.8 Å². The highest BCUT2D eigenvalue weighted by Gasteiger charge is 2.26. The molecule has 0 saturated carbocycles. The smallest absolute Gasteiger partial charge is 0.270 e. The molecule has 1 aromatic heterocycles. The van der Waals surface area contributed by atoms with E-state index < -0.39 is 0 Å². The average Bonchev–Trinajstić information content (AvgIpc) is 3.39. The van der Waals surface area contributed by atoms with Gasteiger partial charge in [0.25, 0.3) is 5.91 Å². The molecule has 2 fully saturated rings. The third-order valence-electron chi connectivity index (χ3n) is 5.49. The summed E-state index contributed by atoms with van der Waals surface area (Å²) < 4.78 is 11.6. The summed E-state index contributed by atoms with van der Waals surface area (Å²) in [6.07, 6.45) is 5.38. The van der Waals surface area contributed by atoms with Crippen LogP contribution in [-0.4, -0.2) is 54.3 Å². The molecule has 0 radical (unpaired) electrons. The van der Waals surface area contributed by atoms with E-state index in [4.69, 9.17) is 9.47 Å². The molecule has 1 N–H and O–H groups in total. The minimum absolute atomic E-state index is 0.0897. The maximum atomic E-state index is 12.8. The first kappa shape index (κ1) is 18.3. The van der Waals surface area contributed by atoms with Gasteiger partial charge in [-0.1, -0.05) is 30.3 Å². The monoisotopic (exact) mass is 368 g/mol. The van der Waals surface area contributed by atoms with Crippen LogP contribution in [0, 0.1) is 0 Å². The number of carbonyl (C=O) groups is 1. The first-order valence-corrected chi connectivity index (χ1v) is 10.0. The summed E-state index contributed by atoms with van der Waals surface area (Å²) in [4.78, 5) is 18.0. The van der Waals surface area contributed by atoms with E-state index in [0.717, 1.165) is 57.5 Å². The van der Waals surface area contributed by atoms with Gasteiger partial charge in [0.2, 0.25) is 0 Å². The zero-order valence-corrected chi connectivity index (χ0v) is 15.7. The molecule has 144 valence electrons. The van der Waals surface area contributed by atoms with E-state index in [-0.39, 0.29) is 18.1 Å². The Morgan fingerprint density at radius 3 is 2.67 bits per heavy atom. The quantitative estimate of drug-likeness (QED) is 0.850. The minimum atomic E-state index is 0.0897. The summed E-state index contributed by atoms with van der Waals surface area (Å²) in [6.45, 7) is 3.06. The largest absolute Gasteiger partial charge is 0.376 e. The Labute approximate surface area is 160 Å². The van der Waals surface area contributed by atoms with Gasteiger partial charge >= 0.3 is 0 Å². The molecule has 2 aliphatic rings. The van der Waals surface area contributed by atoms with Crippen molar-refractivity contribution in [3.8, 4) is 0 Å². The summed E-state index contributed by atoms with van der Waals surface area (Å²) in [5, 5.41) is 0. The molecular formula is C22H28N2O3. The second-order valence-electron chi connectivity index (χ2n) is 7.52. The van der Waals surface area contributed by atoms with Crippen molar-refractivity contribution < 1.29 is 14.3 Å². The fourth-order valence-corrected chi connectivity index (χ4v) is 3.90. The summed E-state index contributed by atoms with van der Waals surface area (Å²) in [7, 11) is 0. The van der Waals surface area contributed by atoms with Crippen LogP contribution in [0.5, 0.6) is 0 Å². The van der Waals surface area contributed by atoms with Gasteiger partial charge < -0.3 is 19.4 Å². The van der Waals surface area contributed by atoms with Crippen molar-refractivity contribution in [2.24, 2.45) is 0 Å². The molecule has 2 aromatic rings. The van der Waals surface area contributed by atoms with Gasteiger partial charge in [0.1, 0.15) is 5.69 Å². The van der Waals surface area contributed by atoms with Gasteiger partial charge in [0, 0.05) is 31.8 Å². The van der Waals surface area contributed by atoms with Crippen molar-refractivity contribution in [3.05, 3.63) is 59.4 Å². The first-order chi connectivity index (χ1) is 13.3. The molecule has 2 aliphatic heterocycles. The minimum Gasteiger partial charge on any atom is -0.376 e. The zero-order chi connectivity index (χ0) is 18.5. The number of benzene rings is 1. The van der Waals surface area contributed by atoms with Crippen LogP contribution < -0.4 is 0 Å². The van der Waals surface area contributed by atoms with Crippen LogP contribution in [0.4, 0.5) is 0 Å². The number of nitrogens with one attached hydrogen (secondary N) is 1. The van der Waals surface area contributed by atoms with E-state index >= 15 is 0 Å². The summed E-state index contributed by atoms with van der Waals surface area (Å²) >= 11 is 0. The summed E-state index contributed by atoms with van der Waals surface area (Å²) in [5.74, 6) is 0.0897. The molecule has 27 heavy (non-hydrogen) atoms. The number of piperidine rings is 1. The highest BCUT2D eigenvalue weighted by atomic mass is 16.5. The van der Waals surface area contributed by atoms with E-state index in [1.54, 1.807) is 0 Å². The van der Waals surface area contributed by atoms with Gasteiger partial charge in [-0.3, -0.25) is 4.79 Å². The van der Waals surface area contributed by atoms with E-state index in [1.807, 2.05) is 35.2 Å². The van der Waals surface area contributed by atoms with Gasteiger partial charge in [-0.25, -0.2) is 0 Å². The van der Waals surface area contributed by atoms with Crippen LogP contribution in [0.1, 0.15) is 47.4 Å². The molecule has 0 bridgehead atoms. The van der Waals surface area contributed by atoms with Crippen molar-refractivity contribution >= 4 is 5.91 Å². The molecule has 5 nitrogen and oxygen atoms in total. The molecule has 0 aliphatic carbocycles. The fraction of sp³-hybridized carbons (Fsp3) is 0.500. The molecule has 5 heteroatoms. The van der Waals surface area contributed by atoms with Crippen molar-refractivity contribution in [2.75, 3.05) is 26.3 Å². The molecule has 0 spiro atoms. The van der Waals surface area contributed by atoms with E-state index in [2.05, 4.69) is 17.1 Å². The highest BCUT2D eigenvalue weighted by Crippen LogP contribution is 2.19. The Kier molecular flexibility index (Phi) is 5.90. The van der Waals surface area contributed by atoms with E-state index in [9.17, 15) is 4.79 Å². The van der Waals surface area contributed by atoms with Crippen LogP contribution in [0.25, 0.3) is 0 Å². The number of hydrogen-bond acceptors (Lipinski definition) is 3. The summed E-state index contributed by atoms with van der Waals surface area (Å²) in [5.41, 5.74) is 2.99. The van der Waals surface area contributed by atoms with Crippen molar-refractivity contribution in [2.45, 2.75) is 44.3 Å². The maximum absolute atomic E-state index is 12.8. The van der Waals surface area contributed by atoms with Gasteiger partial charge in [-0.2, -0.15) is 0 Å². The number of carbonyl (C=O) groups excluding carboxylic acids is 1. The van der Waals surface area contributed by atoms with Gasteiger partial charge in [-0.05, 0) is 43.4 Å². The highest BCUT2D eigenvalue weighted by molar-refractivity contribution is 5.92. The maximum Gasteiger partial charge on any atom is 0.270 e. The number of aromatic nitrogens is 1. The Bertz CT molecular complexity index is 729. The third kappa shape index (κ3) is 4.79. The molecule has 1 atom stereocenters. The number of rotatable bonds is 6. The van der Waals surface area contributed by atoms with Crippen LogP contribution in [0.2, 0.25) is 0 Å². The first-order valence-electron chi connectivity index (χ1n) is 10.0. The SMILES string of the molecule is O=C(c1ccc(Cc2ccccc2)[nH]1)N1CCC(OCC2CCCO2)CC1. The Morgan fingerprint density at radius 1 is 1.11 bits per heavy atom. The van der Waals surface area contributed by atoms with Crippen LogP contribution >= 0.6 is 0 Å². The lowest BCUT2D eigenvalue weighted by molar-refractivity contribution is -0.0395. The molecular weight excluding hydrogens is 340 g/mol. The molecule has 1 aromatic carbocycles. The van der Waals surface area contributed by atoms with Crippen molar-refractivity contribution in [1.82, 2.24) is 9.88 Å². The van der Waals surface area contributed by atoms with Crippen molar-refractivity contribution in [1.29, 1.82) is 0 Å². The normalized spacial score (nSPS) is 20.9. The topological polar surface area (TPSA) is 54.6 Å². The predicted octanol–water partition coefficient (Wildman–Crippen LogP) is 3.41. The number of aromatic amines is 1. The molecule has 3 heterocycles. The summed E-state index contributed by atoms with van der Waals surface area (Å²) in [6, 6.07) is 14.2. The molecule has 2 saturated heterocycles. The second-order valence-corrected chi connectivity index (χ2v) is 7.52. The predicted molar refractivity (Wildman–Crippen MR) is 104 cm³/mol. The zero-order valence-electron chi connectivity index (χ0n) is 15.7. The number of likely N-dealkylation sites (tertiary alicyclic amines) is 1. The second kappa shape index (κ2) is 8.72. The number of ether oxygens (including phenoxy) is 2. The molecule has 1 amide bonds. The van der Waals surface area contributed by atoms with Gasteiger partial charge in [0.15, 0.2) is 0 Å². The lowest BCUT2D eigenvalue weighted by Crippen LogP contribution is -2.41. The van der Waals surface area contributed by atoms with E-state index in [1.165, 1.54) is 5.56 Å². The number of hydrogen-bond donors (Lipinski definition) is 1.